The highest BCUT2D eigenvalue weighted by Crippen LogP contribution is 2.18. The standard InChI is InChI=1S/C20H19N3O4/c1-26-16-5-2-14(3-6-16)19(24)22-8-10-23(11-9-22)20(25)15-4-7-18-17(12-15)21-13-27-18/h2-7,12-13H,8-11H2,1H3. The second kappa shape index (κ2) is 7.11. The average Bonchev–Trinajstić information content (AvgIpc) is 3.21. The Kier molecular flexibility index (Phi) is 4.50. The zero-order valence-electron chi connectivity index (χ0n) is 14.9. The van der Waals surface area contributed by atoms with E-state index in [0.717, 1.165) is 0 Å². The summed E-state index contributed by atoms with van der Waals surface area (Å²) in [6.45, 7) is 2.00. The summed E-state index contributed by atoms with van der Waals surface area (Å²) in [5.74, 6) is 0.622. The number of hydrogen-bond acceptors (Lipinski definition) is 5. The minimum absolute atomic E-state index is 0.0335. The van der Waals surface area contributed by atoms with E-state index in [-0.39, 0.29) is 11.8 Å². The van der Waals surface area contributed by atoms with Crippen LogP contribution in [-0.2, 0) is 0 Å². The summed E-state index contributed by atoms with van der Waals surface area (Å²) in [4.78, 5) is 33.0. The van der Waals surface area contributed by atoms with Gasteiger partial charge in [-0.15, -0.1) is 0 Å². The Morgan fingerprint density at radius 2 is 1.52 bits per heavy atom. The van der Waals surface area contributed by atoms with Crippen molar-refractivity contribution in [3.05, 3.63) is 60.0 Å². The van der Waals surface area contributed by atoms with Gasteiger partial charge in [-0.1, -0.05) is 0 Å². The molecule has 0 bridgehead atoms. The molecule has 1 aromatic heterocycles. The van der Waals surface area contributed by atoms with Crippen molar-refractivity contribution < 1.29 is 18.7 Å². The Morgan fingerprint density at radius 3 is 2.15 bits per heavy atom. The lowest BCUT2D eigenvalue weighted by Crippen LogP contribution is -2.50. The topological polar surface area (TPSA) is 75.9 Å². The van der Waals surface area contributed by atoms with Crippen molar-refractivity contribution in [3.8, 4) is 5.75 Å². The first-order valence-electron chi connectivity index (χ1n) is 8.71. The molecule has 27 heavy (non-hydrogen) atoms. The zero-order chi connectivity index (χ0) is 18.8. The number of nitrogens with zero attached hydrogens (tertiary/aromatic N) is 3. The van der Waals surface area contributed by atoms with Gasteiger partial charge in [0.1, 0.15) is 11.3 Å². The summed E-state index contributed by atoms with van der Waals surface area (Å²) in [5, 5.41) is 0. The highest BCUT2D eigenvalue weighted by atomic mass is 16.5. The van der Waals surface area contributed by atoms with Gasteiger partial charge in [0.2, 0.25) is 0 Å². The number of oxazole rings is 1. The van der Waals surface area contributed by atoms with Gasteiger partial charge in [-0.3, -0.25) is 9.59 Å². The second-order valence-electron chi connectivity index (χ2n) is 6.35. The molecule has 1 aliphatic rings. The molecular weight excluding hydrogens is 346 g/mol. The molecule has 0 aliphatic carbocycles. The molecule has 2 heterocycles. The molecular formula is C20H19N3O4. The maximum atomic E-state index is 12.7. The molecule has 2 aromatic carbocycles. The molecule has 7 nitrogen and oxygen atoms in total. The molecule has 3 aromatic rings. The smallest absolute Gasteiger partial charge is 0.254 e. The Bertz CT molecular complexity index is 972. The molecule has 0 atom stereocenters. The third kappa shape index (κ3) is 3.36. The number of amides is 2. The molecule has 1 fully saturated rings. The molecule has 0 spiro atoms. The normalized spacial score (nSPS) is 14.4. The number of benzene rings is 2. The van der Waals surface area contributed by atoms with Gasteiger partial charge in [-0.2, -0.15) is 0 Å². The van der Waals surface area contributed by atoms with Crippen molar-refractivity contribution in [2.24, 2.45) is 0 Å². The summed E-state index contributed by atoms with van der Waals surface area (Å²) in [5.41, 5.74) is 2.51. The number of hydrogen-bond donors (Lipinski definition) is 0. The van der Waals surface area contributed by atoms with E-state index < -0.39 is 0 Å². The van der Waals surface area contributed by atoms with Crippen LogP contribution in [0.3, 0.4) is 0 Å². The van der Waals surface area contributed by atoms with E-state index in [1.54, 1.807) is 59.4 Å². The molecule has 1 saturated heterocycles. The second-order valence-corrected chi connectivity index (χ2v) is 6.35. The Balaban J connectivity index is 1.40. The first-order chi connectivity index (χ1) is 13.2. The Morgan fingerprint density at radius 1 is 0.926 bits per heavy atom. The van der Waals surface area contributed by atoms with Gasteiger partial charge in [-0.05, 0) is 42.5 Å². The van der Waals surface area contributed by atoms with Crippen molar-refractivity contribution in [1.82, 2.24) is 14.8 Å². The summed E-state index contributed by atoms with van der Waals surface area (Å²) in [7, 11) is 1.59. The maximum Gasteiger partial charge on any atom is 0.254 e. The van der Waals surface area contributed by atoms with E-state index in [2.05, 4.69) is 4.98 Å². The maximum absolute atomic E-state index is 12.7. The van der Waals surface area contributed by atoms with Gasteiger partial charge in [0, 0.05) is 37.3 Å². The number of aromatic nitrogens is 1. The Labute approximate surface area is 156 Å². The number of rotatable bonds is 3. The lowest BCUT2D eigenvalue weighted by Gasteiger charge is -2.34. The fourth-order valence-electron chi connectivity index (χ4n) is 3.20. The van der Waals surface area contributed by atoms with Gasteiger partial charge in [0.15, 0.2) is 12.0 Å². The van der Waals surface area contributed by atoms with Crippen LogP contribution in [-0.4, -0.2) is 59.9 Å². The van der Waals surface area contributed by atoms with Gasteiger partial charge in [-0.25, -0.2) is 4.98 Å². The van der Waals surface area contributed by atoms with Crippen molar-refractivity contribution in [3.63, 3.8) is 0 Å². The average molecular weight is 365 g/mol. The van der Waals surface area contributed by atoms with Crippen molar-refractivity contribution in [1.29, 1.82) is 0 Å². The lowest BCUT2D eigenvalue weighted by atomic mass is 10.1. The van der Waals surface area contributed by atoms with Crippen LogP contribution in [0.4, 0.5) is 0 Å². The van der Waals surface area contributed by atoms with E-state index in [4.69, 9.17) is 9.15 Å². The number of carbonyl (C=O) groups is 2. The molecule has 1 aliphatic heterocycles. The quantitative estimate of drug-likeness (QED) is 0.713. The number of fused-ring (bicyclic) bond motifs is 1. The third-order valence-corrected chi connectivity index (χ3v) is 4.77. The predicted octanol–water partition coefficient (Wildman–Crippen LogP) is 2.43. The molecule has 0 N–H and O–H groups in total. The summed E-state index contributed by atoms with van der Waals surface area (Å²) in [6.07, 6.45) is 1.36. The van der Waals surface area contributed by atoms with Crippen LogP contribution in [0, 0.1) is 0 Å². The molecule has 0 saturated carbocycles. The molecule has 138 valence electrons. The van der Waals surface area contributed by atoms with Gasteiger partial charge >= 0.3 is 0 Å². The van der Waals surface area contributed by atoms with E-state index in [1.165, 1.54) is 6.39 Å². The third-order valence-electron chi connectivity index (χ3n) is 4.77. The first kappa shape index (κ1) is 17.1. The fourth-order valence-corrected chi connectivity index (χ4v) is 3.20. The minimum Gasteiger partial charge on any atom is -0.497 e. The first-order valence-corrected chi connectivity index (χ1v) is 8.71. The van der Waals surface area contributed by atoms with Crippen LogP contribution < -0.4 is 4.74 Å². The van der Waals surface area contributed by atoms with Gasteiger partial charge < -0.3 is 19.0 Å². The van der Waals surface area contributed by atoms with Crippen LogP contribution in [0.1, 0.15) is 20.7 Å². The predicted molar refractivity (Wildman–Crippen MR) is 98.8 cm³/mol. The van der Waals surface area contributed by atoms with Crippen LogP contribution in [0.25, 0.3) is 11.1 Å². The number of methoxy groups -OCH3 is 1. The largest absolute Gasteiger partial charge is 0.497 e. The van der Waals surface area contributed by atoms with Gasteiger partial charge in [0.25, 0.3) is 11.8 Å². The van der Waals surface area contributed by atoms with E-state index in [9.17, 15) is 9.59 Å². The van der Waals surface area contributed by atoms with E-state index >= 15 is 0 Å². The monoisotopic (exact) mass is 365 g/mol. The Hall–Kier alpha value is -3.35. The van der Waals surface area contributed by atoms with Crippen molar-refractivity contribution >= 4 is 22.9 Å². The number of carbonyl (C=O) groups excluding carboxylic acids is 2. The molecule has 0 unspecified atom stereocenters. The molecule has 0 radical (unpaired) electrons. The minimum atomic E-state index is -0.0588. The van der Waals surface area contributed by atoms with E-state index in [0.29, 0.717) is 54.2 Å². The highest BCUT2D eigenvalue weighted by Gasteiger charge is 2.25. The number of piperazine rings is 1. The number of ether oxygens (including phenoxy) is 1. The van der Waals surface area contributed by atoms with Crippen LogP contribution in [0.5, 0.6) is 5.75 Å². The fraction of sp³-hybridized carbons (Fsp3) is 0.250. The van der Waals surface area contributed by atoms with Crippen LogP contribution in [0.15, 0.2) is 53.3 Å². The summed E-state index contributed by atoms with van der Waals surface area (Å²) >= 11 is 0. The molecule has 2 amide bonds. The summed E-state index contributed by atoms with van der Waals surface area (Å²) in [6, 6.07) is 12.3. The van der Waals surface area contributed by atoms with Gasteiger partial charge in [0.05, 0.1) is 7.11 Å². The highest BCUT2D eigenvalue weighted by molar-refractivity contribution is 5.98. The van der Waals surface area contributed by atoms with Crippen LogP contribution in [0.2, 0.25) is 0 Å². The summed E-state index contributed by atoms with van der Waals surface area (Å²) < 4.78 is 10.3. The van der Waals surface area contributed by atoms with Crippen LogP contribution >= 0.6 is 0 Å². The van der Waals surface area contributed by atoms with E-state index in [1.807, 2.05) is 0 Å². The van der Waals surface area contributed by atoms with Crippen molar-refractivity contribution in [2.45, 2.75) is 0 Å². The SMILES string of the molecule is COc1ccc(C(=O)N2CCN(C(=O)c3ccc4ocnc4c3)CC2)cc1. The lowest BCUT2D eigenvalue weighted by molar-refractivity contribution is 0.0535. The zero-order valence-corrected chi connectivity index (χ0v) is 14.9. The molecule has 4 rings (SSSR count). The molecule has 7 heteroatoms. The van der Waals surface area contributed by atoms with Crippen molar-refractivity contribution in [2.75, 3.05) is 33.3 Å².